The number of carbonyl (C=O) groups is 1. The van der Waals surface area contributed by atoms with E-state index >= 15 is 0 Å². The third-order valence-corrected chi connectivity index (χ3v) is 5.46. The van der Waals surface area contributed by atoms with Gasteiger partial charge >= 0.3 is 0 Å². The number of hydrogen-bond acceptors (Lipinski definition) is 6. The lowest BCUT2D eigenvalue weighted by atomic mass is 10.1. The van der Waals surface area contributed by atoms with E-state index < -0.39 is 21.7 Å². The molecule has 0 fully saturated rings. The number of likely N-dealkylation sites (N-methyl/N-ethyl adjacent to an activating group) is 1. The first-order valence-electron chi connectivity index (χ1n) is 8.90. The van der Waals surface area contributed by atoms with Crippen LogP contribution in [0.3, 0.4) is 0 Å². The van der Waals surface area contributed by atoms with E-state index in [4.69, 9.17) is 28.4 Å². The van der Waals surface area contributed by atoms with Crippen LogP contribution in [0.4, 0.5) is 0 Å². The van der Waals surface area contributed by atoms with Gasteiger partial charge in [0, 0.05) is 29.3 Å². The fourth-order valence-electron chi connectivity index (χ4n) is 2.61. The van der Waals surface area contributed by atoms with E-state index in [1.807, 2.05) is 26.2 Å². The Labute approximate surface area is 181 Å². The molecule has 160 valence electrons. The van der Waals surface area contributed by atoms with Crippen LogP contribution in [0.5, 0.6) is 11.5 Å². The Balaban J connectivity index is 2.43. The maximum atomic E-state index is 12.3. The average Bonchev–Trinajstić information content (AvgIpc) is 2.65. The van der Waals surface area contributed by atoms with Gasteiger partial charge in [-0.25, -0.2) is 8.42 Å². The highest BCUT2D eigenvalue weighted by Crippen LogP contribution is 2.32. The first kappa shape index (κ1) is 23.5. The number of nitrogens with two attached hydrogens (primary N) is 2. The molecule has 10 heteroatoms. The topological polar surface area (TPSA) is 128 Å². The summed E-state index contributed by atoms with van der Waals surface area (Å²) in [5.41, 5.74) is 12.2. The van der Waals surface area contributed by atoms with Gasteiger partial charge < -0.3 is 21.1 Å². The molecule has 0 saturated carbocycles. The van der Waals surface area contributed by atoms with E-state index in [2.05, 4.69) is 9.89 Å². The molecule has 0 aromatic heterocycles. The van der Waals surface area contributed by atoms with Gasteiger partial charge in [0.2, 0.25) is 0 Å². The second-order valence-corrected chi connectivity index (χ2v) is 9.14. The summed E-state index contributed by atoms with van der Waals surface area (Å²) < 4.78 is 30.4. The van der Waals surface area contributed by atoms with Crippen LogP contribution < -0.4 is 16.2 Å². The minimum Gasteiger partial charge on any atom is -0.455 e. The fraction of sp³-hybridized carbons (Fsp3) is 0.250. The third-order valence-electron chi connectivity index (χ3n) is 4.09. The summed E-state index contributed by atoms with van der Waals surface area (Å²) in [4.78, 5) is 17.4. The molecule has 4 N–H and O–H groups in total. The van der Waals surface area contributed by atoms with E-state index in [0.29, 0.717) is 11.3 Å². The molecule has 2 aromatic carbocycles. The van der Waals surface area contributed by atoms with Crippen LogP contribution in [0.15, 0.2) is 46.3 Å². The molecule has 0 unspecified atom stereocenters. The van der Waals surface area contributed by atoms with Gasteiger partial charge in [0.05, 0.1) is 0 Å². The normalized spacial score (nSPS) is 11.2. The number of carbonyl (C=O) groups excluding carboxylic acids is 1. The molecule has 0 aliphatic carbocycles. The number of amides is 1. The standard InChI is InChI=1S/C20H24N4O4S2/c1-24(2)9-8-13-4-6-16(15(10-13)12-29)28-17-7-5-14(19(25)23-20(21)22)11-18(17)30(3,26)27/h4-7,10-12H,8-9H2,1-3H3,(H4,21,22,23,25). The molecule has 0 atom stereocenters. The van der Waals surface area contributed by atoms with E-state index in [1.165, 1.54) is 23.6 Å². The summed E-state index contributed by atoms with van der Waals surface area (Å²) in [6.07, 6.45) is 1.86. The summed E-state index contributed by atoms with van der Waals surface area (Å²) >= 11 is 5.10. The van der Waals surface area contributed by atoms with Gasteiger partial charge in [-0.15, -0.1) is 0 Å². The first-order valence-corrected chi connectivity index (χ1v) is 11.3. The summed E-state index contributed by atoms with van der Waals surface area (Å²) in [6.45, 7) is 0.876. The summed E-state index contributed by atoms with van der Waals surface area (Å²) in [5.74, 6) is -0.692. The van der Waals surface area contributed by atoms with Gasteiger partial charge in [0.15, 0.2) is 15.8 Å². The van der Waals surface area contributed by atoms with Crippen molar-refractivity contribution in [3.8, 4) is 11.5 Å². The Hall–Kier alpha value is -2.82. The maximum Gasteiger partial charge on any atom is 0.280 e. The van der Waals surface area contributed by atoms with Gasteiger partial charge in [0.25, 0.3) is 5.91 Å². The third kappa shape index (κ3) is 6.34. The molecule has 0 aliphatic heterocycles. The Morgan fingerprint density at radius 2 is 1.83 bits per heavy atom. The van der Waals surface area contributed by atoms with Crippen molar-refractivity contribution in [1.82, 2.24) is 4.90 Å². The zero-order valence-corrected chi connectivity index (χ0v) is 18.6. The predicted octanol–water partition coefficient (Wildman–Crippen LogP) is 1.75. The quantitative estimate of drug-likeness (QED) is 0.355. The number of aliphatic imine (C=N–C) groups is 1. The Morgan fingerprint density at radius 3 is 2.40 bits per heavy atom. The maximum absolute atomic E-state index is 12.3. The van der Waals surface area contributed by atoms with E-state index in [-0.39, 0.29) is 16.2 Å². The second-order valence-electron chi connectivity index (χ2n) is 6.92. The highest BCUT2D eigenvalue weighted by atomic mass is 32.2. The molecule has 0 aliphatic rings. The number of ether oxygens (including phenoxy) is 1. The number of hydrogen-bond donors (Lipinski definition) is 2. The molecule has 2 aromatic rings. The van der Waals surface area contributed by atoms with E-state index in [0.717, 1.165) is 24.8 Å². The highest BCUT2D eigenvalue weighted by molar-refractivity contribution is 7.90. The van der Waals surface area contributed by atoms with Crippen molar-refractivity contribution >= 4 is 39.3 Å². The number of nitrogens with zero attached hydrogens (tertiary/aromatic N) is 2. The van der Waals surface area contributed by atoms with Gasteiger partial charge in [-0.05, 0) is 56.4 Å². The van der Waals surface area contributed by atoms with Crippen molar-refractivity contribution in [2.75, 3.05) is 26.9 Å². The summed E-state index contributed by atoms with van der Waals surface area (Å²) in [7, 11) is 0.270. The molecule has 2 rings (SSSR count). The van der Waals surface area contributed by atoms with Crippen LogP contribution in [-0.2, 0) is 16.3 Å². The summed E-state index contributed by atoms with van der Waals surface area (Å²) in [5, 5.41) is 1.48. The molecule has 0 spiro atoms. The molecule has 8 nitrogen and oxygen atoms in total. The smallest absolute Gasteiger partial charge is 0.280 e. The van der Waals surface area contributed by atoms with Gasteiger partial charge in [0.1, 0.15) is 16.4 Å². The van der Waals surface area contributed by atoms with Crippen LogP contribution in [0.1, 0.15) is 21.5 Å². The van der Waals surface area contributed by atoms with Crippen LogP contribution in [-0.4, -0.2) is 57.4 Å². The molecule has 0 radical (unpaired) electrons. The zero-order chi connectivity index (χ0) is 22.5. The van der Waals surface area contributed by atoms with Crippen LogP contribution in [0, 0.1) is 0 Å². The van der Waals surface area contributed by atoms with Gasteiger partial charge in [-0.3, -0.25) is 4.79 Å². The fourth-order valence-corrected chi connectivity index (χ4v) is 3.61. The minimum atomic E-state index is -3.71. The number of thiocarbonyl (C=S) groups is 1. The zero-order valence-electron chi connectivity index (χ0n) is 17.0. The van der Waals surface area contributed by atoms with Crippen molar-refractivity contribution in [3.63, 3.8) is 0 Å². The van der Waals surface area contributed by atoms with Crippen molar-refractivity contribution < 1.29 is 17.9 Å². The molecular weight excluding hydrogens is 424 g/mol. The molecule has 1 amide bonds. The lowest BCUT2D eigenvalue weighted by Crippen LogP contribution is -2.24. The summed E-state index contributed by atoms with van der Waals surface area (Å²) in [6, 6.07) is 9.51. The van der Waals surface area contributed by atoms with Gasteiger partial charge in [-0.1, -0.05) is 18.3 Å². The number of sulfone groups is 1. The van der Waals surface area contributed by atoms with Crippen LogP contribution in [0.25, 0.3) is 0 Å². The Morgan fingerprint density at radius 1 is 1.17 bits per heavy atom. The van der Waals surface area contributed by atoms with Crippen molar-refractivity contribution in [3.05, 3.63) is 53.1 Å². The van der Waals surface area contributed by atoms with E-state index in [9.17, 15) is 13.2 Å². The van der Waals surface area contributed by atoms with E-state index in [1.54, 1.807) is 6.07 Å². The Kier molecular flexibility index (Phi) is 7.65. The van der Waals surface area contributed by atoms with Crippen LogP contribution >= 0.6 is 12.2 Å². The number of benzene rings is 2. The SMILES string of the molecule is CN(C)CCc1ccc(Oc2ccc(C(=O)N=C(N)N)cc2S(C)(=O)=O)c(C=S)c1. The lowest BCUT2D eigenvalue weighted by molar-refractivity contribution is 0.100. The first-order chi connectivity index (χ1) is 14.0. The lowest BCUT2D eigenvalue weighted by Gasteiger charge is -2.14. The monoisotopic (exact) mass is 448 g/mol. The van der Waals surface area contributed by atoms with Crippen molar-refractivity contribution in [2.45, 2.75) is 11.3 Å². The molecular formula is C20H24N4O4S2. The second kappa shape index (κ2) is 9.79. The predicted molar refractivity (Wildman–Crippen MR) is 121 cm³/mol. The minimum absolute atomic E-state index is 0.0188. The number of guanidine groups is 1. The van der Waals surface area contributed by atoms with Crippen molar-refractivity contribution in [1.29, 1.82) is 0 Å². The molecule has 30 heavy (non-hydrogen) atoms. The van der Waals surface area contributed by atoms with Crippen LogP contribution in [0.2, 0.25) is 0 Å². The number of rotatable bonds is 8. The largest absolute Gasteiger partial charge is 0.455 e. The van der Waals surface area contributed by atoms with Gasteiger partial charge in [-0.2, -0.15) is 4.99 Å². The van der Waals surface area contributed by atoms with Crippen molar-refractivity contribution in [2.24, 2.45) is 16.5 Å². The highest BCUT2D eigenvalue weighted by Gasteiger charge is 2.19. The molecule has 0 saturated heterocycles. The molecule has 0 bridgehead atoms. The Bertz CT molecular complexity index is 1090. The molecule has 0 heterocycles. The average molecular weight is 449 g/mol.